The Balaban J connectivity index is 2.25. The van der Waals surface area contributed by atoms with Crippen molar-refractivity contribution >= 4 is 0 Å². The molecule has 112 valence electrons. The van der Waals surface area contributed by atoms with E-state index in [1.165, 1.54) is 27.8 Å². The van der Waals surface area contributed by atoms with Gasteiger partial charge in [0.15, 0.2) is 0 Å². The van der Waals surface area contributed by atoms with Gasteiger partial charge < -0.3 is 10.1 Å². The van der Waals surface area contributed by atoms with Gasteiger partial charge in [0.05, 0.1) is 7.11 Å². The van der Waals surface area contributed by atoms with Gasteiger partial charge in [-0.25, -0.2) is 4.98 Å². The summed E-state index contributed by atoms with van der Waals surface area (Å²) in [6, 6.07) is 8.84. The van der Waals surface area contributed by atoms with E-state index in [9.17, 15) is 0 Å². The van der Waals surface area contributed by atoms with Gasteiger partial charge >= 0.3 is 0 Å². The molecule has 2 aromatic rings. The second-order valence-corrected chi connectivity index (χ2v) is 5.55. The molecule has 1 N–H and O–H groups in total. The van der Waals surface area contributed by atoms with Crippen LogP contribution >= 0.6 is 0 Å². The van der Waals surface area contributed by atoms with Crippen molar-refractivity contribution in [2.24, 2.45) is 0 Å². The highest BCUT2D eigenvalue weighted by atomic mass is 16.5. The summed E-state index contributed by atoms with van der Waals surface area (Å²) in [6.45, 7) is 6.51. The molecular weight excluding hydrogens is 260 g/mol. The summed E-state index contributed by atoms with van der Waals surface area (Å²) < 4.78 is 5.11. The molecular formula is C18H24N2O. The Bertz CT molecular complexity index is 605. The van der Waals surface area contributed by atoms with Crippen molar-refractivity contribution in [2.45, 2.75) is 33.2 Å². The number of rotatable bonds is 5. The van der Waals surface area contributed by atoms with Crippen LogP contribution in [0.15, 0.2) is 30.5 Å². The molecule has 0 amide bonds. The lowest BCUT2D eigenvalue weighted by Gasteiger charge is -2.20. The van der Waals surface area contributed by atoms with Crippen molar-refractivity contribution in [3.05, 3.63) is 58.3 Å². The first-order chi connectivity index (χ1) is 10.0. The van der Waals surface area contributed by atoms with Gasteiger partial charge in [-0.1, -0.05) is 18.2 Å². The lowest BCUT2D eigenvalue weighted by Crippen LogP contribution is -2.20. The molecule has 1 unspecified atom stereocenters. The number of aryl methyl sites for hydroxylation is 3. The molecule has 1 heterocycles. The van der Waals surface area contributed by atoms with E-state index in [4.69, 9.17) is 4.74 Å². The van der Waals surface area contributed by atoms with Gasteiger partial charge in [0.1, 0.15) is 0 Å². The van der Waals surface area contributed by atoms with Crippen LogP contribution in [0.2, 0.25) is 0 Å². The van der Waals surface area contributed by atoms with Gasteiger partial charge in [0.25, 0.3) is 0 Å². The van der Waals surface area contributed by atoms with E-state index < -0.39 is 0 Å². The standard InChI is InChI=1S/C18H24N2O/c1-12-8-14(3)16(9-13(12)2)17(19-4)10-15-6-7-18(21-5)20-11-15/h6-9,11,17,19H,10H2,1-5H3. The number of methoxy groups -OCH3 is 1. The molecule has 0 saturated heterocycles. The van der Waals surface area contributed by atoms with Gasteiger partial charge in [-0.05, 0) is 62.1 Å². The molecule has 0 fully saturated rings. The maximum Gasteiger partial charge on any atom is 0.212 e. The van der Waals surface area contributed by atoms with Crippen molar-refractivity contribution in [3.63, 3.8) is 0 Å². The number of benzene rings is 1. The lowest BCUT2D eigenvalue weighted by atomic mass is 9.92. The quantitative estimate of drug-likeness (QED) is 0.912. The maximum absolute atomic E-state index is 5.11. The summed E-state index contributed by atoms with van der Waals surface area (Å²) in [6.07, 6.45) is 2.80. The number of likely N-dealkylation sites (N-methyl/N-ethyl adjacent to an activating group) is 1. The van der Waals surface area contributed by atoms with Crippen LogP contribution < -0.4 is 10.1 Å². The minimum absolute atomic E-state index is 0.291. The molecule has 1 aromatic heterocycles. The molecule has 21 heavy (non-hydrogen) atoms. The Hall–Kier alpha value is -1.87. The molecule has 0 radical (unpaired) electrons. The summed E-state index contributed by atoms with van der Waals surface area (Å²) in [4.78, 5) is 4.28. The molecule has 0 bridgehead atoms. The van der Waals surface area contributed by atoms with Crippen LogP contribution in [-0.2, 0) is 6.42 Å². The monoisotopic (exact) mass is 284 g/mol. The van der Waals surface area contributed by atoms with Crippen LogP contribution in [0, 0.1) is 20.8 Å². The van der Waals surface area contributed by atoms with Crippen LogP contribution in [0.4, 0.5) is 0 Å². The number of hydrogen-bond donors (Lipinski definition) is 1. The van der Waals surface area contributed by atoms with E-state index in [0.717, 1.165) is 6.42 Å². The Labute approximate surface area is 127 Å². The summed E-state index contributed by atoms with van der Waals surface area (Å²) in [5, 5.41) is 3.42. The smallest absolute Gasteiger partial charge is 0.212 e. The van der Waals surface area contributed by atoms with Crippen molar-refractivity contribution in [1.82, 2.24) is 10.3 Å². The van der Waals surface area contributed by atoms with Gasteiger partial charge in [0.2, 0.25) is 5.88 Å². The normalized spacial score (nSPS) is 12.2. The number of hydrogen-bond acceptors (Lipinski definition) is 3. The number of pyridine rings is 1. The van der Waals surface area contributed by atoms with Crippen molar-refractivity contribution in [1.29, 1.82) is 0 Å². The Morgan fingerprint density at radius 2 is 1.81 bits per heavy atom. The molecule has 0 aliphatic heterocycles. The molecule has 1 aromatic carbocycles. The Kier molecular flexibility index (Phi) is 4.97. The summed E-state index contributed by atoms with van der Waals surface area (Å²) in [5.74, 6) is 0.655. The van der Waals surface area contributed by atoms with Gasteiger partial charge in [0, 0.05) is 18.3 Å². The first-order valence-corrected chi connectivity index (χ1v) is 7.29. The van der Waals surface area contributed by atoms with E-state index in [2.05, 4.69) is 49.3 Å². The zero-order valence-corrected chi connectivity index (χ0v) is 13.5. The van der Waals surface area contributed by atoms with Gasteiger partial charge in [-0.2, -0.15) is 0 Å². The highest BCUT2D eigenvalue weighted by molar-refractivity contribution is 5.39. The summed E-state index contributed by atoms with van der Waals surface area (Å²) in [5.41, 5.74) is 6.57. The predicted octanol–water partition coefficient (Wildman–Crippen LogP) is 3.52. The van der Waals surface area contributed by atoms with Crippen molar-refractivity contribution < 1.29 is 4.74 Å². The minimum atomic E-state index is 0.291. The topological polar surface area (TPSA) is 34.1 Å². The van der Waals surface area contributed by atoms with Crippen LogP contribution in [0.1, 0.15) is 33.9 Å². The molecule has 0 aliphatic rings. The van der Waals surface area contributed by atoms with E-state index in [-0.39, 0.29) is 0 Å². The first-order valence-electron chi connectivity index (χ1n) is 7.29. The van der Waals surface area contributed by atoms with E-state index in [1.54, 1.807) is 7.11 Å². The highest BCUT2D eigenvalue weighted by Crippen LogP contribution is 2.24. The number of nitrogens with one attached hydrogen (secondary N) is 1. The average Bonchev–Trinajstić information content (AvgIpc) is 2.49. The third-order valence-corrected chi connectivity index (χ3v) is 4.05. The molecule has 3 heteroatoms. The molecule has 0 saturated carbocycles. The van der Waals surface area contributed by atoms with Crippen LogP contribution in [-0.4, -0.2) is 19.1 Å². The molecule has 0 spiro atoms. The third kappa shape index (κ3) is 3.61. The number of ether oxygens (including phenoxy) is 1. The molecule has 1 atom stereocenters. The number of nitrogens with zero attached hydrogens (tertiary/aromatic N) is 1. The minimum Gasteiger partial charge on any atom is -0.481 e. The second-order valence-electron chi connectivity index (χ2n) is 5.55. The van der Waals surface area contributed by atoms with E-state index >= 15 is 0 Å². The first kappa shape index (κ1) is 15.5. The number of aromatic nitrogens is 1. The summed E-state index contributed by atoms with van der Waals surface area (Å²) in [7, 11) is 3.65. The van der Waals surface area contributed by atoms with Gasteiger partial charge in [-0.3, -0.25) is 0 Å². The third-order valence-electron chi connectivity index (χ3n) is 4.05. The average molecular weight is 284 g/mol. The zero-order valence-electron chi connectivity index (χ0n) is 13.5. The second kappa shape index (κ2) is 6.72. The fraction of sp³-hybridized carbons (Fsp3) is 0.389. The highest BCUT2D eigenvalue weighted by Gasteiger charge is 2.14. The maximum atomic E-state index is 5.11. The largest absolute Gasteiger partial charge is 0.481 e. The molecule has 0 aliphatic carbocycles. The van der Waals surface area contributed by atoms with Crippen molar-refractivity contribution in [3.8, 4) is 5.88 Å². The predicted molar refractivity (Wildman–Crippen MR) is 86.9 cm³/mol. The fourth-order valence-electron chi connectivity index (χ4n) is 2.61. The molecule has 3 nitrogen and oxygen atoms in total. The van der Waals surface area contributed by atoms with E-state index in [0.29, 0.717) is 11.9 Å². The zero-order chi connectivity index (χ0) is 15.4. The Morgan fingerprint density at radius 1 is 1.10 bits per heavy atom. The van der Waals surface area contributed by atoms with E-state index in [1.807, 2.05) is 19.3 Å². The van der Waals surface area contributed by atoms with Crippen LogP contribution in [0.5, 0.6) is 5.88 Å². The SMILES string of the molecule is CNC(Cc1ccc(OC)nc1)c1cc(C)c(C)cc1C. The summed E-state index contributed by atoms with van der Waals surface area (Å²) >= 11 is 0. The lowest BCUT2D eigenvalue weighted by molar-refractivity contribution is 0.397. The fourth-order valence-corrected chi connectivity index (χ4v) is 2.61. The van der Waals surface area contributed by atoms with Crippen LogP contribution in [0.25, 0.3) is 0 Å². The van der Waals surface area contributed by atoms with Crippen LogP contribution in [0.3, 0.4) is 0 Å². The van der Waals surface area contributed by atoms with Gasteiger partial charge in [-0.15, -0.1) is 0 Å². The Morgan fingerprint density at radius 3 is 2.38 bits per heavy atom. The molecule has 2 rings (SSSR count). The van der Waals surface area contributed by atoms with Crippen molar-refractivity contribution in [2.75, 3.05) is 14.2 Å².